The minimum atomic E-state index is -3.58. The molecule has 0 saturated carbocycles. The van der Waals surface area contributed by atoms with Gasteiger partial charge < -0.3 is 5.32 Å². The molecule has 0 amide bonds. The van der Waals surface area contributed by atoms with Gasteiger partial charge in [-0.05, 0) is 48.7 Å². The molecule has 4 nitrogen and oxygen atoms in total. The van der Waals surface area contributed by atoms with Crippen LogP contribution < -0.4 is 9.62 Å². The number of sulfonamides is 1. The summed E-state index contributed by atoms with van der Waals surface area (Å²) < 4.78 is 27.9. The highest BCUT2D eigenvalue weighted by Gasteiger charge is 2.34. The number of para-hydroxylation sites is 1. The van der Waals surface area contributed by atoms with Crippen LogP contribution in [0.25, 0.3) is 0 Å². The molecule has 3 rings (SSSR count). The van der Waals surface area contributed by atoms with E-state index in [2.05, 4.69) is 12.2 Å². The number of aryl methyl sites for hydroxylation is 1. The summed E-state index contributed by atoms with van der Waals surface area (Å²) in [5, 5.41) is 3.64. The van der Waals surface area contributed by atoms with Gasteiger partial charge in [0.2, 0.25) is 0 Å². The number of hydrogen-bond donors (Lipinski definition) is 1. The zero-order valence-electron chi connectivity index (χ0n) is 16.5. The zero-order valence-corrected chi connectivity index (χ0v) is 17.3. The summed E-state index contributed by atoms with van der Waals surface area (Å²) in [5.41, 5.74) is 3.55. The van der Waals surface area contributed by atoms with Gasteiger partial charge in [-0.15, -0.1) is 0 Å². The summed E-state index contributed by atoms with van der Waals surface area (Å²) in [7, 11) is -1.93. The number of benzene rings is 2. The van der Waals surface area contributed by atoms with Crippen molar-refractivity contribution < 1.29 is 8.42 Å². The highest BCUT2D eigenvalue weighted by atomic mass is 32.2. The molecule has 1 N–H and O–H groups in total. The van der Waals surface area contributed by atoms with Gasteiger partial charge >= 0.3 is 0 Å². The van der Waals surface area contributed by atoms with Crippen molar-refractivity contribution >= 4 is 15.7 Å². The Hall–Kier alpha value is -1.85. The van der Waals surface area contributed by atoms with Crippen LogP contribution in [-0.4, -0.2) is 22.0 Å². The van der Waals surface area contributed by atoms with Gasteiger partial charge in [0.1, 0.15) is 0 Å². The maximum absolute atomic E-state index is 13.2. The number of anilines is 1. The molecular formula is C22H30N2O2S. The third-order valence-corrected chi connectivity index (χ3v) is 7.16. The number of unbranched alkanes of at least 4 members (excludes halogenated alkanes) is 4. The van der Waals surface area contributed by atoms with E-state index in [1.165, 1.54) is 30.0 Å². The van der Waals surface area contributed by atoms with Crippen molar-refractivity contribution in [2.24, 2.45) is 0 Å². The van der Waals surface area contributed by atoms with Crippen LogP contribution in [0, 0.1) is 6.92 Å². The molecular weight excluding hydrogens is 356 g/mol. The molecule has 1 atom stereocenters. The zero-order chi connectivity index (χ0) is 19.4. The predicted molar refractivity (Wildman–Crippen MR) is 112 cm³/mol. The van der Waals surface area contributed by atoms with Crippen molar-refractivity contribution in [1.29, 1.82) is 0 Å². The largest absolute Gasteiger partial charge is 0.306 e. The van der Waals surface area contributed by atoms with E-state index in [9.17, 15) is 8.42 Å². The van der Waals surface area contributed by atoms with E-state index in [1.807, 2.05) is 43.3 Å². The van der Waals surface area contributed by atoms with Crippen LogP contribution in [0.2, 0.25) is 0 Å². The van der Waals surface area contributed by atoms with E-state index < -0.39 is 10.0 Å². The van der Waals surface area contributed by atoms with E-state index >= 15 is 0 Å². The Balaban J connectivity index is 1.98. The van der Waals surface area contributed by atoms with Crippen LogP contribution in [0.4, 0.5) is 5.69 Å². The average Bonchev–Trinajstić information content (AvgIpc) is 2.73. The average molecular weight is 387 g/mol. The third-order valence-electron chi connectivity index (χ3n) is 5.33. The maximum Gasteiger partial charge on any atom is 0.264 e. The summed E-state index contributed by atoms with van der Waals surface area (Å²) in [5.74, 6) is 0. The predicted octanol–water partition coefficient (Wildman–Crippen LogP) is 4.78. The molecule has 0 fully saturated rings. The first-order valence-electron chi connectivity index (χ1n) is 9.88. The fraction of sp³-hybridized carbons (Fsp3) is 0.455. The van der Waals surface area contributed by atoms with Crippen LogP contribution in [-0.2, 0) is 10.0 Å². The fourth-order valence-corrected chi connectivity index (χ4v) is 5.30. The Bertz CT molecular complexity index is 893. The SMILES string of the molecule is CCCCCCCNC1c2ccccc2N(C)S(=O)(=O)c2cc(C)ccc21. The van der Waals surface area contributed by atoms with E-state index in [-0.39, 0.29) is 6.04 Å². The van der Waals surface area contributed by atoms with Crippen molar-refractivity contribution in [2.45, 2.75) is 56.9 Å². The van der Waals surface area contributed by atoms with Crippen molar-refractivity contribution in [3.05, 3.63) is 59.2 Å². The van der Waals surface area contributed by atoms with Crippen LogP contribution in [0.3, 0.4) is 0 Å². The van der Waals surface area contributed by atoms with E-state index in [4.69, 9.17) is 0 Å². The van der Waals surface area contributed by atoms with Crippen molar-refractivity contribution in [3.8, 4) is 0 Å². The Morgan fingerprint density at radius 3 is 2.52 bits per heavy atom. The third kappa shape index (κ3) is 4.04. The van der Waals surface area contributed by atoms with E-state index in [1.54, 1.807) is 13.1 Å². The molecule has 0 saturated heterocycles. The second kappa shape index (κ2) is 8.44. The molecule has 0 aliphatic carbocycles. The lowest BCUT2D eigenvalue weighted by Gasteiger charge is -2.22. The van der Waals surface area contributed by atoms with Gasteiger partial charge in [0, 0.05) is 7.05 Å². The summed E-state index contributed by atoms with van der Waals surface area (Å²) in [4.78, 5) is 0.407. The van der Waals surface area contributed by atoms with Crippen molar-refractivity contribution in [3.63, 3.8) is 0 Å². The van der Waals surface area contributed by atoms with Crippen LogP contribution in [0.1, 0.15) is 61.8 Å². The molecule has 1 aliphatic rings. The summed E-state index contributed by atoms with van der Waals surface area (Å²) in [6.45, 7) is 5.03. The van der Waals surface area contributed by atoms with Gasteiger partial charge in [0.05, 0.1) is 16.6 Å². The van der Waals surface area contributed by atoms with E-state index in [0.29, 0.717) is 4.90 Å². The molecule has 0 bridgehead atoms. The molecule has 2 aromatic rings. The second-order valence-electron chi connectivity index (χ2n) is 7.37. The first kappa shape index (κ1) is 19.9. The van der Waals surface area contributed by atoms with Gasteiger partial charge in [-0.3, -0.25) is 4.31 Å². The molecule has 0 spiro atoms. The number of nitrogens with zero attached hydrogens (tertiary/aromatic N) is 1. The monoisotopic (exact) mass is 386 g/mol. The first-order chi connectivity index (χ1) is 13.0. The van der Waals surface area contributed by atoms with Crippen molar-refractivity contribution in [2.75, 3.05) is 17.9 Å². The lowest BCUT2D eigenvalue weighted by Crippen LogP contribution is -2.26. The maximum atomic E-state index is 13.2. The highest BCUT2D eigenvalue weighted by molar-refractivity contribution is 7.92. The summed E-state index contributed by atoms with van der Waals surface area (Å²) >= 11 is 0. The highest BCUT2D eigenvalue weighted by Crippen LogP contribution is 2.40. The molecule has 146 valence electrons. The number of rotatable bonds is 7. The van der Waals surface area contributed by atoms with Gasteiger partial charge in [0.15, 0.2) is 0 Å². The van der Waals surface area contributed by atoms with Crippen LogP contribution in [0.5, 0.6) is 0 Å². The molecule has 0 aromatic heterocycles. The quantitative estimate of drug-likeness (QED) is 0.697. The molecule has 2 aromatic carbocycles. The fourth-order valence-electron chi connectivity index (χ4n) is 3.76. The minimum Gasteiger partial charge on any atom is -0.306 e. The number of fused-ring (bicyclic) bond motifs is 2. The summed E-state index contributed by atoms with van der Waals surface area (Å²) in [6.07, 6.45) is 6.07. The van der Waals surface area contributed by atoms with Gasteiger partial charge in [-0.2, -0.15) is 0 Å². The number of nitrogens with one attached hydrogen (secondary N) is 1. The molecule has 1 aliphatic heterocycles. The minimum absolute atomic E-state index is 0.122. The second-order valence-corrected chi connectivity index (χ2v) is 9.31. The van der Waals surface area contributed by atoms with Gasteiger partial charge in [-0.25, -0.2) is 8.42 Å². The first-order valence-corrected chi connectivity index (χ1v) is 11.3. The standard InChI is InChI=1S/C22H30N2O2S/c1-4-5-6-7-10-15-23-22-18-11-8-9-12-20(18)24(3)27(25,26)21-16-17(2)13-14-19(21)22/h8-9,11-14,16,22-23H,4-7,10,15H2,1-3H3. The lowest BCUT2D eigenvalue weighted by molar-refractivity contribution is 0.544. The number of hydrogen-bond acceptors (Lipinski definition) is 3. The van der Waals surface area contributed by atoms with Gasteiger partial charge in [-0.1, -0.05) is 62.9 Å². The molecule has 0 radical (unpaired) electrons. The van der Waals surface area contributed by atoms with E-state index in [0.717, 1.165) is 35.3 Å². The van der Waals surface area contributed by atoms with Crippen LogP contribution >= 0.6 is 0 Å². The van der Waals surface area contributed by atoms with Gasteiger partial charge in [0.25, 0.3) is 10.0 Å². The smallest absolute Gasteiger partial charge is 0.264 e. The summed E-state index contributed by atoms with van der Waals surface area (Å²) in [6, 6.07) is 13.4. The Morgan fingerprint density at radius 1 is 1.00 bits per heavy atom. The lowest BCUT2D eigenvalue weighted by atomic mass is 9.96. The molecule has 27 heavy (non-hydrogen) atoms. The Kier molecular flexibility index (Phi) is 6.22. The molecule has 5 heteroatoms. The molecule has 1 unspecified atom stereocenters. The Morgan fingerprint density at radius 2 is 1.74 bits per heavy atom. The molecule has 1 heterocycles. The Labute approximate surface area is 163 Å². The topological polar surface area (TPSA) is 49.4 Å². The normalized spacial score (nSPS) is 17.9. The van der Waals surface area contributed by atoms with Crippen LogP contribution in [0.15, 0.2) is 47.4 Å². The van der Waals surface area contributed by atoms with Crippen molar-refractivity contribution in [1.82, 2.24) is 5.32 Å².